The first-order valence-electron chi connectivity index (χ1n) is 7.72. The van der Waals surface area contributed by atoms with Crippen LogP contribution >= 0.6 is 11.6 Å². The summed E-state index contributed by atoms with van der Waals surface area (Å²) >= 11 is 5.86. The van der Waals surface area contributed by atoms with E-state index in [2.05, 4.69) is 5.32 Å². The lowest BCUT2D eigenvalue weighted by Gasteiger charge is -2.24. The number of hydrogen-bond acceptors (Lipinski definition) is 3. The van der Waals surface area contributed by atoms with Crippen LogP contribution in [0, 0.1) is 5.82 Å². The van der Waals surface area contributed by atoms with Crippen LogP contribution in [-0.4, -0.2) is 41.9 Å². The van der Waals surface area contributed by atoms with Crippen LogP contribution in [0.1, 0.15) is 25.7 Å². The van der Waals surface area contributed by atoms with Crippen LogP contribution < -0.4 is 10.1 Å². The molecule has 1 aliphatic carbocycles. The molecule has 1 atom stereocenters. The van der Waals surface area contributed by atoms with Gasteiger partial charge in [0.15, 0.2) is 6.61 Å². The molecule has 1 N–H and O–H groups in total. The van der Waals surface area contributed by atoms with Gasteiger partial charge in [-0.3, -0.25) is 9.59 Å². The number of amides is 2. The van der Waals surface area contributed by atoms with Crippen molar-refractivity contribution < 1.29 is 18.7 Å². The maximum absolute atomic E-state index is 13.0. The van der Waals surface area contributed by atoms with Gasteiger partial charge in [-0.05, 0) is 43.9 Å². The highest BCUT2D eigenvalue weighted by Crippen LogP contribution is 2.26. The molecule has 1 aromatic carbocycles. The monoisotopic (exact) mass is 340 g/mol. The minimum absolute atomic E-state index is 0.0850. The fourth-order valence-corrected chi connectivity index (χ4v) is 2.90. The molecule has 2 aliphatic rings. The summed E-state index contributed by atoms with van der Waals surface area (Å²) in [6.45, 7) is 0.320. The van der Waals surface area contributed by atoms with Crippen LogP contribution in [0.4, 0.5) is 4.39 Å². The zero-order valence-corrected chi connectivity index (χ0v) is 13.3. The van der Waals surface area contributed by atoms with E-state index in [1.807, 2.05) is 0 Å². The maximum atomic E-state index is 13.0. The molecule has 0 aromatic heterocycles. The van der Waals surface area contributed by atoms with Crippen molar-refractivity contribution in [2.45, 2.75) is 37.8 Å². The molecule has 1 aromatic rings. The number of likely N-dealkylation sites (tertiary alicyclic amines) is 1. The first-order valence-corrected chi connectivity index (χ1v) is 8.10. The van der Waals surface area contributed by atoms with Crippen molar-refractivity contribution in [3.63, 3.8) is 0 Å². The largest absolute Gasteiger partial charge is 0.482 e. The van der Waals surface area contributed by atoms with Crippen LogP contribution in [0.2, 0.25) is 5.02 Å². The molecule has 3 rings (SSSR count). The van der Waals surface area contributed by atoms with Crippen LogP contribution in [-0.2, 0) is 9.59 Å². The van der Waals surface area contributed by atoms with Gasteiger partial charge in [0, 0.05) is 12.6 Å². The van der Waals surface area contributed by atoms with Gasteiger partial charge in [0.1, 0.15) is 17.6 Å². The fraction of sp³-hybridized carbons (Fsp3) is 0.500. The predicted molar refractivity (Wildman–Crippen MR) is 82.8 cm³/mol. The normalized spacial score (nSPS) is 20.4. The molecule has 1 saturated heterocycles. The lowest BCUT2D eigenvalue weighted by Crippen LogP contribution is -2.47. The summed E-state index contributed by atoms with van der Waals surface area (Å²) < 4.78 is 18.3. The average molecular weight is 341 g/mol. The van der Waals surface area contributed by atoms with Crippen molar-refractivity contribution in [2.75, 3.05) is 13.2 Å². The van der Waals surface area contributed by atoms with Gasteiger partial charge >= 0.3 is 0 Å². The zero-order valence-electron chi connectivity index (χ0n) is 12.6. The molecule has 5 nitrogen and oxygen atoms in total. The Kier molecular flexibility index (Phi) is 4.71. The number of nitrogens with one attached hydrogen (secondary N) is 1. The number of rotatable bonds is 5. The van der Waals surface area contributed by atoms with E-state index < -0.39 is 11.9 Å². The van der Waals surface area contributed by atoms with Gasteiger partial charge in [-0.25, -0.2) is 4.39 Å². The third-order valence-corrected chi connectivity index (χ3v) is 4.34. The van der Waals surface area contributed by atoms with E-state index in [0.717, 1.165) is 25.3 Å². The summed E-state index contributed by atoms with van der Waals surface area (Å²) in [6.07, 6.45) is 3.49. The third-order valence-electron chi connectivity index (χ3n) is 4.04. The summed E-state index contributed by atoms with van der Waals surface area (Å²) in [7, 11) is 0. The minimum Gasteiger partial charge on any atom is -0.482 e. The smallest absolute Gasteiger partial charge is 0.261 e. The number of halogens is 2. The van der Waals surface area contributed by atoms with E-state index in [0.29, 0.717) is 13.0 Å². The molecule has 1 heterocycles. The Hall–Kier alpha value is -1.82. The number of carbonyl (C=O) groups excluding carboxylic acids is 2. The van der Waals surface area contributed by atoms with Crippen molar-refractivity contribution >= 4 is 23.4 Å². The molecule has 7 heteroatoms. The number of nitrogens with zero attached hydrogens (tertiary/aromatic N) is 1. The lowest BCUT2D eigenvalue weighted by molar-refractivity contribution is -0.140. The molecule has 2 fully saturated rings. The Labute approximate surface area is 138 Å². The van der Waals surface area contributed by atoms with Gasteiger partial charge in [-0.2, -0.15) is 0 Å². The quantitative estimate of drug-likeness (QED) is 0.893. The van der Waals surface area contributed by atoms with E-state index in [1.54, 1.807) is 4.90 Å². The topological polar surface area (TPSA) is 58.6 Å². The fourth-order valence-electron chi connectivity index (χ4n) is 2.68. The van der Waals surface area contributed by atoms with Gasteiger partial charge in [0.2, 0.25) is 5.91 Å². The number of carbonyl (C=O) groups is 2. The SMILES string of the molecule is O=C(NC1CC1)C1CCCN1C(=O)COc1ccc(F)cc1Cl. The second-order valence-corrected chi connectivity index (χ2v) is 6.30. The summed E-state index contributed by atoms with van der Waals surface area (Å²) in [6, 6.07) is 3.58. The molecule has 2 amide bonds. The van der Waals surface area contributed by atoms with E-state index in [9.17, 15) is 14.0 Å². The van der Waals surface area contributed by atoms with Gasteiger partial charge in [0.25, 0.3) is 5.91 Å². The Bertz CT molecular complexity index is 621. The molecule has 1 aliphatic heterocycles. The molecular weight excluding hydrogens is 323 g/mol. The second kappa shape index (κ2) is 6.74. The van der Waals surface area contributed by atoms with E-state index in [1.165, 1.54) is 12.1 Å². The molecular formula is C16H18ClFN2O3. The highest BCUT2D eigenvalue weighted by molar-refractivity contribution is 6.32. The zero-order chi connectivity index (χ0) is 16.4. The molecule has 1 unspecified atom stereocenters. The summed E-state index contributed by atoms with van der Waals surface area (Å²) in [5, 5.41) is 3.05. The molecule has 124 valence electrons. The Balaban J connectivity index is 1.57. The first-order chi connectivity index (χ1) is 11.0. The van der Waals surface area contributed by atoms with Gasteiger partial charge < -0.3 is 15.0 Å². The Morgan fingerprint density at radius 1 is 1.35 bits per heavy atom. The maximum Gasteiger partial charge on any atom is 0.261 e. The highest BCUT2D eigenvalue weighted by Gasteiger charge is 2.36. The Morgan fingerprint density at radius 3 is 2.83 bits per heavy atom. The van der Waals surface area contributed by atoms with E-state index in [4.69, 9.17) is 16.3 Å². The molecule has 0 bridgehead atoms. The van der Waals surface area contributed by atoms with Crippen molar-refractivity contribution in [3.8, 4) is 5.75 Å². The van der Waals surface area contributed by atoms with Crippen molar-refractivity contribution in [2.24, 2.45) is 0 Å². The van der Waals surface area contributed by atoms with Crippen LogP contribution in [0.25, 0.3) is 0 Å². The van der Waals surface area contributed by atoms with Crippen molar-refractivity contribution in [1.82, 2.24) is 10.2 Å². The van der Waals surface area contributed by atoms with E-state index in [-0.39, 0.29) is 35.2 Å². The first kappa shape index (κ1) is 16.1. The molecule has 0 radical (unpaired) electrons. The van der Waals surface area contributed by atoms with Crippen LogP contribution in [0.5, 0.6) is 5.75 Å². The van der Waals surface area contributed by atoms with Crippen LogP contribution in [0.3, 0.4) is 0 Å². The summed E-state index contributed by atoms with van der Waals surface area (Å²) in [4.78, 5) is 26.0. The van der Waals surface area contributed by atoms with Crippen molar-refractivity contribution in [1.29, 1.82) is 0 Å². The van der Waals surface area contributed by atoms with E-state index >= 15 is 0 Å². The lowest BCUT2D eigenvalue weighted by atomic mass is 10.2. The molecule has 23 heavy (non-hydrogen) atoms. The molecule has 0 spiro atoms. The van der Waals surface area contributed by atoms with Crippen LogP contribution in [0.15, 0.2) is 18.2 Å². The summed E-state index contributed by atoms with van der Waals surface area (Å²) in [5.41, 5.74) is 0. The number of benzene rings is 1. The summed E-state index contributed by atoms with van der Waals surface area (Å²) in [5.74, 6) is -0.568. The Morgan fingerprint density at radius 2 is 2.13 bits per heavy atom. The third kappa shape index (κ3) is 3.93. The minimum atomic E-state index is -0.468. The van der Waals surface area contributed by atoms with Gasteiger partial charge in [-0.15, -0.1) is 0 Å². The van der Waals surface area contributed by atoms with Gasteiger partial charge in [0.05, 0.1) is 5.02 Å². The molecule has 1 saturated carbocycles. The average Bonchev–Trinajstić information content (AvgIpc) is 3.17. The second-order valence-electron chi connectivity index (χ2n) is 5.89. The number of ether oxygens (including phenoxy) is 1. The highest BCUT2D eigenvalue weighted by atomic mass is 35.5. The van der Waals surface area contributed by atoms with Gasteiger partial charge in [-0.1, -0.05) is 11.6 Å². The standard InChI is InChI=1S/C16H18ClFN2O3/c17-12-8-10(18)3-6-14(12)23-9-15(21)20-7-1-2-13(20)16(22)19-11-4-5-11/h3,6,8,11,13H,1-2,4-5,7,9H2,(H,19,22). The predicted octanol–water partition coefficient (Wildman–Crippen LogP) is 2.13. The van der Waals surface area contributed by atoms with Crippen molar-refractivity contribution in [3.05, 3.63) is 29.0 Å². The number of hydrogen-bond donors (Lipinski definition) is 1.